The van der Waals surface area contributed by atoms with Crippen molar-refractivity contribution < 1.29 is 22.1 Å². The first kappa shape index (κ1) is 15.5. The van der Waals surface area contributed by atoms with Gasteiger partial charge in [-0.3, -0.25) is 4.18 Å². The number of carbonyl (C=O) groups is 1. The third kappa shape index (κ3) is 3.35. The standard InChI is InChI=1S/C16H15NO5S/c18-16(21-11-13-7-3-1-4-8-13)17-15(12-22-23(17,19)20)14-9-5-2-6-10-14/h1-10,15H,11-12H2/t15-/m0/s1. The van der Waals surface area contributed by atoms with Gasteiger partial charge in [0.15, 0.2) is 0 Å². The molecular formula is C16H15NO5S. The molecular weight excluding hydrogens is 318 g/mol. The summed E-state index contributed by atoms with van der Waals surface area (Å²) < 4.78 is 34.6. The molecule has 6 nitrogen and oxygen atoms in total. The fraction of sp³-hybridized carbons (Fsp3) is 0.188. The molecule has 23 heavy (non-hydrogen) atoms. The Labute approximate surface area is 134 Å². The van der Waals surface area contributed by atoms with E-state index in [1.165, 1.54) is 0 Å². The van der Waals surface area contributed by atoms with Crippen LogP contribution in [0.2, 0.25) is 0 Å². The van der Waals surface area contributed by atoms with Crippen LogP contribution in [0.5, 0.6) is 0 Å². The van der Waals surface area contributed by atoms with Crippen molar-refractivity contribution in [1.82, 2.24) is 4.31 Å². The van der Waals surface area contributed by atoms with Crippen molar-refractivity contribution in [3.63, 3.8) is 0 Å². The highest BCUT2D eigenvalue weighted by molar-refractivity contribution is 7.85. The molecule has 1 saturated heterocycles. The number of hydrogen-bond donors (Lipinski definition) is 0. The summed E-state index contributed by atoms with van der Waals surface area (Å²) in [6.07, 6.45) is -0.944. The van der Waals surface area contributed by atoms with E-state index in [2.05, 4.69) is 0 Å². The van der Waals surface area contributed by atoms with Crippen LogP contribution in [0.1, 0.15) is 17.2 Å². The second kappa shape index (κ2) is 6.39. The molecule has 1 heterocycles. The molecule has 0 radical (unpaired) electrons. The molecule has 0 bridgehead atoms. The quantitative estimate of drug-likeness (QED) is 0.863. The van der Waals surface area contributed by atoms with Crippen LogP contribution in [0, 0.1) is 0 Å². The molecule has 3 rings (SSSR count). The topological polar surface area (TPSA) is 72.9 Å². The van der Waals surface area contributed by atoms with Crippen LogP contribution < -0.4 is 0 Å². The van der Waals surface area contributed by atoms with Gasteiger partial charge in [0.05, 0.1) is 6.61 Å². The van der Waals surface area contributed by atoms with E-state index in [1.54, 1.807) is 36.4 Å². The van der Waals surface area contributed by atoms with Gasteiger partial charge >= 0.3 is 16.4 Å². The molecule has 0 aromatic heterocycles. The normalized spacial score (nSPS) is 19.5. The van der Waals surface area contributed by atoms with Gasteiger partial charge in [0.25, 0.3) is 0 Å². The number of benzene rings is 2. The Kier molecular flexibility index (Phi) is 4.31. The molecule has 0 spiro atoms. The van der Waals surface area contributed by atoms with Gasteiger partial charge in [-0.25, -0.2) is 4.79 Å². The fourth-order valence-electron chi connectivity index (χ4n) is 2.34. The largest absolute Gasteiger partial charge is 0.444 e. The van der Waals surface area contributed by atoms with Crippen molar-refractivity contribution in [2.24, 2.45) is 0 Å². The van der Waals surface area contributed by atoms with Gasteiger partial charge in [-0.1, -0.05) is 60.7 Å². The zero-order valence-corrected chi connectivity index (χ0v) is 13.0. The van der Waals surface area contributed by atoms with Crippen LogP contribution >= 0.6 is 0 Å². The highest BCUT2D eigenvalue weighted by Crippen LogP contribution is 2.32. The van der Waals surface area contributed by atoms with Crippen LogP contribution in [0.25, 0.3) is 0 Å². The average Bonchev–Trinajstić information content (AvgIpc) is 2.90. The number of amides is 1. The van der Waals surface area contributed by atoms with E-state index in [0.29, 0.717) is 9.87 Å². The highest BCUT2D eigenvalue weighted by Gasteiger charge is 2.44. The monoisotopic (exact) mass is 333 g/mol. The van der Waals surface area contributed by atoms with Crippen molar-refractivity contribution in [2.75, 3.05) is 6.61 Å². The third-order valence-corrected chi connectivity index (χ3v) is 4.79. The predicted molar refractivity (Wildman–Crippen MR) is 82.5 cm³/mol. The van der Waals surface area contributed by atoms with E-state index >= 15 is 0 Å². The number of carbonyl (C=O) groups excluding carboxylic acids is 1. The minimum absolute atomic E-state index is 0.00674. The van der Waals surface area contributed by atoms with Crippen molar-refractivity contribution in [3.8, 4) is 0 Å². The van der Waals surface area contributed by atoms with Gasteiger partial charge in [0.1, 0.15) is 12.6 Å². The summed E-state index contributed by atoms with van der Waals surface area (Å²) in [5.41, 5.74) is 1.44. The lowest BCUT2D eigenvalue weighted by atomic mass is 10.1. The summed E-state index contributed by atoms with van der Waals surface area (Å²) in [5, 5.41) is 0. The minimum atomic E-state index is -4.13. The van der Waals surface area contributed by atoms with Crippen molar-refractivity contribution in [2.45, 2.75) is 12.6 Å². The second-order valence-corrected chi connectivity index (χ2v) is 6.49. The van der Waals surface area contributed by atoms with Gasteiger partial charge in [0.2, 0.25) is 0 Å². The SMILES string of the molecule is O=C(OCc1ccccc1)N1[C@H](c2ccccc2)COS1(=O)=O. The average molecular weight is 333 g/mol. The summed E-state index contributed by atoms with van der Waals surface area (Å²) >= 11 is 0. The maximum Gasteiger partial charge on any atom is 0.426 e. The Morgan fingerprint density at radius 1 is 1.09 bits per heavy atom. The number of rotatable bonds is 3. The number of nitrogens with zero attached hydrogens (tertiary/aromatic N) is 1. The third-order valence-electron chi connectivity index (χ3n) is 3.47. The number of hydrogen-bond acceptors (Lipinski definition) is 5. The lowest BCUT2D eigenvalue weighted by Gasteiger charge is -2.20. The highest BCUT2D eigenvalue weighted by atomic mass is 32.2. The van der Waals surface area contributed by atoms with Crippen LogP contribution in [0.3, 0.4) is 0 Å². The Hall–Kier alpha value is -2.38. The van der Waals surface area contributed by atoms with E-state index in [-0.39, 0.29) is 13.2 Å². The maximum atomic E-state index is 12.3. The Morgan fingerprint density at radius 3 is 2.35 bits per heavy atom. The first-order valence-corrected chi connectivity index (χ1v) is 8.39. The second-order valence-electron chi connectivity index (χ2n) is 5.00. The summed E-state index contributed by atoms with van der Waals surface area (Å²) in [5.74, 6) is 0. The molecule has 2 aromatic carbocycles. The van der Waals surface area contributed by atoms with E-state index < -0.39 is 22.4 Å². The van der Waals surface area contributed by atoms with Gasteiger partial charge < -0.3 is 4.74 Å². The predicted octanol–water partition coefficient (Wildman–Crippen LogP) is 2.64. The minimum Gasteiger partial charge on any atom is -0.444 e. The molecule has 0 aliphatic carbocycles. The van der Waals surface area contributed by atoms with Gasteiger partial charge in [-0.05, 0) is 11.1 Å². The van der Waals surface area contributed by atoms with Crippen LogP contribution in [0.4, 0.5) is 4.79 Å². The Morgan fingerprint density at radius 2 is 1.70 bits per heavy atom. The van der Waals surface area contributed by atoms with E-state index in [1.807, 2.05) is 24.3 Å². The maximum absolute atomic E-state index is 12.3. The fourth-order valence-corrected chi connectivity index (χ4v) is 3.48. The molecule has 1 fully saturated rings. The Bertz CT molecular complexity index is 777. The van der Waals surface area contributed by atoms with Crippen molar-refractivity contribution >= 4 is 16.4 Å². The molecule has 0 unspecified atom stereocenters. The van der Waals surface area contributed by atoms with Crippen LogP contribution in [-0.2, 0) is 25.8 Å². The molecule has 2 aromatic rings. The molecule has 0 N–H and O–H groups in total. The van der Waals surface area contributed by atoms with E-state index in [0.717, 1.165) is 5.56 Å². The smallest absolute Gasteiger partial charge is 0.426 e. The summed E-state index contributed by atoms with van der Waals surface area (Å²) in [4.78, 5) is 12.3. The summed E-state index contributed by atoms with van der Waals surface area (Å²) in [6, 6.07) is 17.2. The van der Waals surface area contributed by atoms with Gasteiger partial charge in [-0.2, -0.15) is 12.7 Å². The molecule has 1 aliphatic heterocycles. The first-order chi connectivity index (χ1) is 11.1. The van der Waals surface area contributed by atoms with Crippen LogP contribution in [-0.4, -0.2) is 25.4 Å². The molecule has 1 atom stereocenters. The molecule has 7 heteroatoms. The molecule has 0 saturated carbocycles. The lowest BCUT2D eigenvalue weighted by molar-refractivity contribution is 0.113. The summed E-state index contributed by atoms with van der Waals surface area (Å²) in [7, 11) is -4.13. The summed E-state index contributed by atoms with van der Waals surface area (Å²) in [6.45, 7) is -0.125. The molecule has 120 valence electrons. The van der Waals surface area contributed by atoms with Crippen LogP contribution in [0.15, 0.2) is 60.7 Å². The molecule has 1 aliphatic rings. The molecule has 1 amide bonds. The Balaban J connectivity index is 1.78. The van der Waals surface area contributed by atoms with Crippen molar-refractivity contribution in [1.29, 1.82) is 0 Å². The van der Waals surface area contributed by atoms with E-state index in [9.17, 15) is 13.2 Å². The van der Waals surface area contributed by atoms with Gasteiger partial charge in [-0.15, -0.1) is 0 Å². The first-order valence-electron chi connectivity index (χ1n) is 7.02. The van der Waals surface area contributed by atoms with Crippen molar-refractivity contribution in [3.05, 3.63) is 71.8 Å². The van der Waals surface area contributed by atoms with Gasteiger partial charge in [0, 0.05) is 0 Å². The van der Waals surface area contributed by atoms with E-state index in [4.69, 9.17) is 8.92 Å². The lowest BCUT2D eigenvalue weighted by Crippen LogP contribution is -2.35. The zero-order valence-electron chi connectivity index (χ0n) is 12.2. The number of ether oxygens (including phenoxy) is 1. The zero-order chi connectivity index (χ0) is 16.3.